The normalized spacial score (nSPS) is 36.4. The molecule has 4 bridgehead atoms. The monoisotopic (exact) mass is 506 g/mol. The van der Waals surface area contributed by atoms with E-state index in [1.54, 1.807) is 4.90 Å². The lowest BCUT2D eigenvalue weighted by atomic mass is 9.73. The van der Waals surface area contributed by atoms with E-state index in [1.165, 1.54) is 64.2 Å². The van der Waals surface area contributed by atoms with E-state index in [2.05, 4.69) is 4.90 Å². The number of hydrogen-bond donors (Lipinski definition) is 2. The van der Waals surface area contributed by atoms with Gasteiger partial charge in [0.15, 0.2) is 12.1 Å². The highest BCUT2D eigenvalue weighted by molar-refractivity contribution is 5.76. The fourth-order valence-corrected chi connectivity index (χ4v) is 8.98. The van der Waals surface area contributed by atoms with E-state index in [1.807, 2.05) is 28.8 Å². The van der Waals surface area contributed by atoms with E-state index in [0.717, 1.165) is 41.8 Å². The van der Waals surface area contributed by atoms with E-state index in [4.69, 9.17) is 4.98 Å². The fourth-order valence-electron chi connectivity index (χ4n) is 8.98. The minimum Gasteiger partial charge on any atom is -0.366 e. The molecular formula is C30H42N4O3. The van der Waals surface area contributed by atoms with Gasteiger partial charge in [-0.15, -0.1) is 0 Å². The Morgan fingerprint density at radius 3 is 2.14 bits per heavy atom. The number of aromatic nitrogens is 2. The van der Waals surface area contributed by atoms with Crippen LogP contribution in [0.1, 0.15) is 89.5 Å². The molecule has 200 valence electrons. The van der Waals surface area contributed by atoms with E-state index in [0.29, 0.717) is 30.9 Å². The molecule has 1 aromatic heterocycles. The predicted octanol–water partition coefficient (Wildman–Crippen LogP) is 4.20. The van der Waals surface area contributed by atoms with Crippen LogP contribution in [-0.2, 0) is 0 Å². The molecule has 7 atom stereocenters. The smallest absolute Gasteiger partial charge is 0.294 e. The third-order valence-electron chi connectivity index (χ3n) is 10.6. The first-order valence-corrected chi connectivity index (χ1v) is 15.0. The first-order chi connectivity index (χ1) is 18.1. The molecule has 5 fully saturated rings. The van der Waals surface area contributed by atoms with Crippen molar-refractivity contribution >= 4 is 16.9 Å². The topological polar surface area (TPSA) is 81.8 Å². The third-order valence-corrected chi connectivity index (χ3v) is 10.6. The van der Waals surface area contributed by atoms with Crippen molar-refractivity contribution in [2.45, 2.75) is 120 Å². The number of rotatable bonds is 4. The Bertz CT molecular complexity index is 1170. The number of aliphatic hydroxyl groups is 2. The molecule has 1 aromatic carbocycles. The van der Waals surface area contributed by atoms with Gasteiger partial charge in [-0.05, 0) is 75.3 Å². The molecule has 2 aromatic rings. The van der Waals surface area contributed by atoms with Crippen LogP contribution in [0.5, 0.6) is 0 Å². The highest BCUT2D eigenvalue weighted by atomic mass is 16.5. The molecule has 2 N–H and O–H groups in total. The van der Waals surface area contributed by atoms with E-state index >= 15 is 0 Å². The number of anilines is 1. The number of piperidine rings is 2. The molecule has 2 saturated carbocycles. The van der Waals surface area contributed by atoms with Gasteiger partial charge in [-0.3, -0.25) is 9.69 Å². The van der Waals surface area contributed by atoms with Crippen molar-refractivity contribution in [3.05, 3.63) is 34.6 Å². The molecule has 7 heteroatoms. The lowest BCUT2D eigenvalue weighted by Gasteiger charge is -2.54. The molecule has 2 unspecified atom stereocenters. The second-order valence-corrected chi connectivity index (χ2v) is 12.8. The second-order valence-electron chi connectivity index (χ2n) is 12.8. The zero-order valence-electron chi connectivity index (χ0n) is 21.9. The van der Waals surface area contributed by atoms with Gasteiger partial charge in [0, 0.05) is 30.7 Å². The van der Waals surface area contributed by atoms with Gasteiger partial charge in [0.05, 0.1) is 17.1 Å². The molecule has 0 amide bonds. The summed E-state index contributed by atoms with van der Waals surface area (Å²) in [7, 11) is 0. The van der Waals surface area contributed by atoms with Crippen molar-refractivity contribution in [1.29, 1.82) is 0 Å². The molecule has 7 rings (SSSR count). The number of para-hydroxylation sites is 2. The summed E-state index contributed by atoms with van der Waals surface area (Å²) in [4.78, 5) is 23.5. The molecule has 3 saturated heterocycles. The van der Waals surface area contributed by atoms with Gasteiger partial charge in [-0.2, -0.15) is 0 Å². The van der Waals surface area contributed by atoms with Crippen LogP contribution in [0.3, 0.4) is 0 Å². The van der Waals surface area contributed by atoms with Gasteiger partial charge < -0.3 is 19.7 Å². The molecule has 7 nitrogen and oxygen atoms in total. The lowest BCUT2D eigenvalue weighted by Crippen LogP contribution is -2.59. The van der Waals surface area contributed by atoms with Crippen LogP contribution in [0.4, 0.5) is 5.82 Å². The fraction of sp³-hybridized carbons (Fsp3) is 0.733. The molecular weight excluding hydrogens is 464 g/mol. The minimum atomic E-state index is -1.46. The minimum absolute atomic E-state index is 0.0655. The third kappa shape index (κ3) is 4.22. The van der Waals surface area contributed by atoms with Gasteiger partial charge in [0.2, 0.25) is 0 Å². The van der Waals surface area contributed by atoms with Crippen LogP contribution >= 0.6 is 0 Å². The zero-order valence-corrected chi connectivity index (χ0v) is 21.9. The van der Waals surface area contributed by atoms with Gasteiger partial charge in [-0.1, -0.05) is 44.2 Å². The van der Waals surface area contributed by atoms with Crippen LogP contribution in [-0.4, -0.2) is 61.7 Å². The van der Waals surface area contributed by atoms with Gasteiger partial charge in [-0.25, -0.2) is 4.98 Å². The summed E-state index contributed by atoms with van der Waals surface area (Å²) in [5.41, 5.74) is 1.67. The molecule has 2 aliphatic carbocycles. The lowest BCUT2D eigenvalue weighted by molar-refractivity contribution is -0.0718. The number of fused-ring (bicyclic) bond motifs is 5. The average molecular weight is 507 g/mol. The Morgan fingerprint density at radius 2 is 1.49 bits per heavy atom. The molecule has 4 heterocycles. The van der Waals surface area contributed by atoms with E-state index < -0.39 is 12.3 Å². The van der Waals surface area contributed by atoms with Gasteiger partial charge >= 0.3 is 0 Å². The van der Waals surface area contributed by atoms with Crippen molar-refractivity contribution in [3.63, 3.8) is 0 Å². The summed E-state index contributed by atoms with van der Waals surface area (Å²) in [6.45, 7) is 0.635. The highest BCUT2D eigenvalue weighted by Crippen LogP contribution is 2.47. The maximum absolute atomic E-state index is 14.0. The van der Waals surface area contributed by atoms with Crippen LogP contribution in [0.25, 0.3) is 11.0 Å². The van der Waals surface area contributed by atoms with Crippen LogP contribution in [0.2, 0.25) is 0 Å². The Morgan fingerprint density at radius 1 is 0.784 bits per heavy atom. The Kier molecular flexibility index (Phi) is 6.29. The highest BCUT2D eigenvalue weighted by Gasteiger charge is 2.45. The maximum Gasteiger partial charge on any atom is 0.294 e. The number of benzene rings is 1. The number of nitrogens with zero attached hydrogens (tertiary/aromatic N) is 4. The van der Waals surface area contributed by atoms with Crippen LogP contribution in [0.15, 0.2) is 29.1 Å². The summed E-state index contributed by atoms with van der Waals surface area (Å²) in [6, 6.07) is 9.55. The van der Waals surface area contributed by atoms with Crippen molar-refractivity contribution in [3.8, 4) is 0 Å². The van der Waals surface area contributed by atoms with Crippen LogP contribution < -0.4 is 10.5 Å². The first-order valence-electron chi connectivity index (χ1n) is 15.0. The first kappa shape index (κ1) is 24.1. The summed E-state index contributed by atoms with van der Waals surface area (Å²) < 4.78 is 2.04. The van der Waals surface area contributed by atoms with Gasteiger partial charge in [0.1, 0.15) is 0 Å². The van der Waals surface area contributed by atoms with Crippen molar-refractivity contribution in [2.75, 3.05) is 11.4 Å². The summed E-state index contributed by atoms with van der Waals surface area (Å²) in [5.74, 6) is 2.22. The van der Waals surface area contributed by atoms with Gasteiger partial charge in [0.25, 0.3) is 5.56 Å². The van der Waals surface area contributed by atoms with Crippen molar-refractivity contribution < 1.29 is 10.2 Å². The van der Waals surface area contributed by atoms with Crippen LogP contribution in [0, 0.1) is 11.8 Å². The van der Waals surface area contributed by atoms with E-state index in [-0.39, 0.29) is 11.6 Å². The SMILES string of the molecule is O=c1c(N2CC[C@@H]2C(O)O)nc2ccccc2n1C1C[C@H]2CCC[C@@H](C1)N2C1C[C@H]2CCCC[C@@H](C1)C2. The number of aliphatic hydroxyl groups excluding tert-OH is 1. The summed E-state index contributed by atoms with van der Waals surface area (Å²) in [5, 5.41) is 19.7. The molecule has 37 heavy (non-hydrogen) atoms. The number of hydrogen-bond acceptors (Lipinski definition) is 6. The Labute approximate surface area is 219 Å². The molecule has 0 spiro atoms. The maximum atomic E-state index is 14.0. The second kappa shape index (κ2) is 9.65. The molecule has 0 radical (unpaired) electrons. The largest absolute Gasteiger partial charge is 0.366 e. The average Bonchev–Trinajstić information content (AvgIpc) is 3.02. The van der Waals surface area contributed by atoms with Crippen molar-refractivity contribution in [2.24, 2.45) is 11.8 Å². The quantitative estimate of drug-likeness (QED) is 0.605. The van der Waals surface area contributed by atoms with Crippen molar-refractivity contribution in [1.82, 2.24) is 14.5 Å². The molecule has 3 aliphatic heterocycles. The summed E-state index contributed by atoms with van der Waals surface area (Å²) in [6.07, 6.45) is 15.0. The molecule has 5 aliphatic rings. The predicted molar refractivity (Wildman–Crippen MR) is 145 cm³/mol. The van der Waals surface area contributed by atoms with E-state index in [9.17, 15) is 15.0 Å². The Hall–Kier alpha value is -1.96. The zero-order chi connectivity index (χ0) is 25.1. The Balaban J connectivity index is 1.22. The standard InChI is InChI=1S/C30H42N4O3/c35-29-28(32-13-12-27(32)30(36)37)31-25-10-3-4-11-26(25)34(29)24-17-21-8-5-9-22(18-24)33(21)23-15-19-6-1-2-7-20(14-19)16-23/h3-4,10-11,19-24,27,30,36-37H,1-2,5-9,12-18H2/t19-,20+,21-,22+,23?,24?,27-/m1/s1. The summed E-state index contributed by atoms with van der Waals surface area (Å²) >= 11 is 0.